The van der Waals surface area contributed by atoms with Crippen molar-refractivity contribution in [3.63, 3.8) is 0 Å². The molecule has 1 fully saturated rings. The van der Waals surface area contributed by atoms with Gasteiger partial charge in [-0.2, -0.15) is 0 Å². The Morgan fingerprint density at radius 2 is 2.16 bits per heavy atom. The van der Waals surface area contributed by atoms with Crippen LogP contribution in [-0.4, -0.2) is 53.7 Å². The maximum Gasteiger partial charge on any atom is 0.155 e. The number of benzene rings is 1. The first-order chi connectivity index (χ1) is 15.2. The predicted molar refractivity (Wildman–Crippen MR) is 118 cm³/mol. The summed E-state index contributed by atoms with van der Waals surface area (Å²) in [4.78, 5) is 6.89. The number of hydrogen-bond acceptors (Lipinski definition) is 6. The molecule has 4 heterocycles. The van der Waals surface area contributed by atoms with Crippen molar-refractivity contribution in [3.05, 3.63) is 60.3 Å². The molecular weight excluding hydrogens is 392 g/mol. The molecule has 4 aromatic rings. The van der Waals surface area contributed by atoms with Gasteiger partial charge in [0.1, 0.15) is 23.6 Å². The van der Waals surface area contributed by atoms with Crippen LogP contribution in [0, 0.1) is 5.41 Å². The molecule has 1 saturated heterocycles. The number of rotatable bonds is 7. The van der Waals surface area contributed by atoms with E-state index in [1.54, 1.807) is 19.5 Å². The molecule has 0 spiro atoms. The summed E-state index contributed by atoms with van der Waals surface area (Å²) in [5, 5.41) is 9.61. The highest BCUT2D eigenvalue weighted by Gasteiger charge is 2.23. The molecule has 1 aliphatic heterocycles. The monoisotopic (exact) mass is 418 g/mol. The van der Waals surface area contributed by atoms with E-state index in [9.17, 15) is 0 Å². The molecule has 0 amide bonds. The first kappa shape index (κ1) is 19.8. The van der Waals surface area contributed by atoms with Gasteiger partial charge >= 0.3 is 0 Å². The van der Waals surface area contributed by atoms with Gasteiger partial charge in [0.15, 0.2) is 5.76 Å². The van der Waals surface area contributed by atoms with E-state index in [1.165, 1.54) is 12.8 Å². The Morgan fingerprint density at radius 3 is 3.06 bits per heavy atom. The van der Waals surface area contributed by atoms with Crippen LogP contribution in [0.25, 0.3) is 27.9 Å². The summed E-state index contributed by atoms with van der Waals surface area (Å²) in [6, 6.07) is 13.8. The van der Waals surface area contributed by atoms with E-state index in [-0.39, 0.29) is 0 Å². The first-order valence-corrected chi connectivity index (χ1v) is 10.6. The summed E-state index contributed by atoms with van der Waals surface area (Å²) >= 11 is 0. The Kier molecular flexibility index (Phi) is 5.44. The lowest BCUT2D eigenvalue weighted by molar-refractivity contribution is 0.105. The van der Waals surface area contributed by atoms with Gasteiger partial charge in [0.25, 0.3) is 0 Å². The smallest absolute Gasteiger partial charge is 0.155 e. The SMILES string of the molecule is COC[C@H]1CCCN1CCOc1ccc2oc(-c3cc4cccn4cn3)cc(=N)c2c1. The molecule has 31 heavy (non-hydrogen) atoms. The van der Waals surface area contributed by atoms with Gasteiger partial charge in [0, 0.05) is 42.9 Å². The van der Waals surface area contributed by atoms with Crippen LogP contribution in [0.3, 0.4) is 0 Å². The van der Waals surface area contributed by atoms with Gasteiger partial charge in [-0.05, 0) is 55.8 Å². The third-order valence-electron chi connectivity index (χ3n) is 5.91. The third-order valence-corrected chi connectivity index (χ3v) is 5.91. The first-order valence-electron chi connectivity index (χ1n) is 10.6. The molecule has 0 aliphatic carbocycles. The fourth-order valence-electron chi connectivity index (χ4n) is 4.30. The van der Waals surface area contributed by atoms with Crippen molar-refractivity contribution >= 4 is 16.5 Å². The largest absolute Gasteiger partial charge is 0.492 e. The molecule has 7 heteroatoms. The second kappa shape index (κ2) is 8.53. The lowest BCUT2D eigenvalue weighted by Gasteiger charge is -2.23. The molecule has 3 aromatic heterocycles. The van der Waals surface area contributed by atoms with Crippen LogP contribution < -0.4 is 10.1 Å². The predicted octanol–water partition coefficient (Wildman–Crippen LogP) is 3.72. The van der Waals surface area contributed by atoms with Crippen LogP contribution in [0.5, 0.6) is 5.75 Å². The van der Waals surface area contributed by atoms with Crippen LogP contribution in [0.1, 0.15) is 12.8 Å². The average Bonchev–Trinajstić information content (AvgIpc) is 3.43. The molecule has 1 aromatic carbocycles. The molecule has 0 bridgehead atoms. The summed E-state index contributed by atoms with van der Waals surface area (Å²) in [6.45, 7) is 3.34. The Hall–Kier alpha value is -3.16. The summed E-state index contributed by atoms with van der Waals surface area (Å²) in [7, 11) is 1.76. The van der Waals surface area contributed by atoms with Crippen LogP contribution >= 0.6 is 0 Å². The van der Waals surface area contributed by atoms with Crippen LogP contribution in [0.4, 0.5) is 0 Å². The average molecular weight is 418 g/mol. The Morgan fingerprint density at radius 1 is 1.23 bits per heavy atom. The second-order valence-electron chi connectivity index (χ2n) is 7.93. The van der Waals surface area contributed by atoms with E-state index >= 15 is 0 Å². The zero-order chi connectivity index (χ0) is 21.2. The number of hydrogen-bond donors (Lipinski definition) is 1. The second-order valence-corrected chi connectivity index (χ2v) is 7.93. The maximum atomic E-state index is 8.50. The highest BCUT2D eigenvalue weighted by molar-refractivity contribution is 5.79. The molecule has 5 rings (SSSR count). The molecule has 160 valence electrons. The Labute approximate surface area is 180 Å². The molecule has 1 N–H and O–H groups in total. The lowest BCUT2D eigenvalue weighted by atomic mass is 10.2. The van der Waals surface area contributed by atoms with Gasteiger partial charge in [-0.1, -0.05) is 0 Å². The van der Waals surface area contributed by atoms with E-state index in [0.717, 1.165) is 36.3 Å². The topological polar surface area (TPSA) is 76.0 Å². The number of fused-ring (bicyclic) bond motifs is 2. The van der Waals surface area contributed by atoms with E-state index in [0.29, 0.717) is 35.0 Å². The van der Waals surface area contributed by atoms with Crippen LogP contribution in [0.15, 0.2) is 59.4 Å². The van der Waals surface area contributed by atoms with Crippen molar-refractivity contribution in [1.82, 2.24) is 14.3 Å². The molecule has 1 atom stereocenters. The Bertz CT molecular complexity index is 1260. The van der Waals surface area contributed by atoms with E-state index < -0.39 is 0 Å². The fraction of sp³-hybridized carbons (Fsp3) is 0.333. The quantitative estimate of drug-likeness (QED) is 0.495. The van der Waals surface area contributed by atoms with Gasteiger partial charge < -0.3 is 18.3 Å². The molecule has 0 saturated carbocycles. The summed E-state index contributed by atoms with van der Waals surface area (Å²) < 4.78 is 19.3. The summed E-state index contributed by atoms with van der Waals surface area (Å²) in [5.74, 6) is 1.33. The van der Waals surface area contributed by atoms with Crippen molar-refractivity contribution < 1.29 is 13.9 Å². The van der Waals surface area contributed by atoms with Gasteiger partial charge in [0.2, 0.25) is 0 Å². The normalized spacial score (nSPS) is 17.0. The van der Waals surface area contributed by atoms with Crippen LogP contribution in [-0.2, 0) is 4.74 Å². The van der Waals surface area contributed by atoms with Gasteiger partial charge in [0.05, 0.1) is 18.3 Å². The fourth-order valence-corrected chi connectivity index (χ4v) is 4.30. The highest BCUT2D eigenvalue weighted by Crippen LogP contribution is 2.25. The van der Waals surface area contributed by atoms with Crippen molar-refractivity contribution in [1.29, 1.82) is 5.41 Å². The minimum Gasteiger partial charge on any atom is -0.492 e. The molecule has 0 radical (unpaired) electrons. The molecule has 1 aliphatic rings. The van der Waals surface area contributed by atoms with Crippen molar-refractivity contribution in [2.45, 2.75) is 18.9 Å². The molecular formula is C24H26N4O3. The molecule has 7 nitrogen and oxygen atoms in total. The number of ether oxygens (including phenoxy) is 2. The number of likely N-dealkylation sites (tertiary alicyclic amines) is 1. The zero-order valence-corrected chi connectivity index (χ0v) is 17.6. The number of nitrogens with one attached hydrogen (secondary N) is 1. The summed E-state index contributed by atoms with van der Waals surface area (Å²) in [5.41, 5.74) is 2.38. The number of nitrogens with zero attached hydrogens (tertiary/aromatic N) is 3. The van der Waals surface area contributed by atoms with Crippen molar-refractivity contribution in [3.8, 4) is 17.2 Å². The maximum absolute atomic E-state index is 8.50. The minimum atomic E-state index is 0.387. The Balaban J connectivity index is 1.32. The van der Waals surface area contributed by atoms with E-state index in [1.807, 2.05) is 47.0 Å². The lowest BCUT2D eigenvalue weighted by Crippen LogP contribution is -2.35. The standard InChI is InChI=1S/C24H26N4O3/c1-29-15-18-5-3-8-27(18)10-11-30-19-6-7-23-20(13-19)21(25)14-24(31-23)22-12-17-4-2-9-28(17)16-26-22/h2,4,6-7,9,12-14,16,18,25H,3,5,8,10-11,15H2,1H3/t18-/m1/s1. The van der Waals surface area contributed by atoms with Crippen LogP contribution in [0.2, 0.25) is 0 Å². The van der Waals surface area contributed by atoms with Gasteiger partial charge in [-0.3, -0.25) is 10.3 Å². The third kappa shape index (κ3) is 4.06. The zero-order valence-electron chi connectivity index (χ0n) is 17.6. The minimum absolute atomic E-state index is 0.387. The van der Waals surface area contributed by atoms with Crippen molar-refractivity contribution in [2.24, 2.45) is 0 Å². The van der Waals surface area contributed by atoms with E-state index in [2.05, 4.69) is 9.88 Å². The van der Waals surface area contributed by atoms with Gasteiger partial charge in [-0.15, -0.1) is 0 Å². The number of methoxy groups -OCH3 is 1. The van der Waals surface area contributed by atoms with E-state index in [4.69, 9.17) is 19.3 Å². The molecule has 0 unspecified atom stereocenters. The highest BCUT2D eigenvalue weighted by atomic mass is 16.5. The number of aromatic nitrogens is 2. The summed E-state index contributed by atoms with van der Waals surface area (Å²) in [6.07, 6.45) is 6.09. The van der Waals surface area contributed by atoms with Crippen molar-refractivity contribution in [2.75, 3.05) is 33.4 Å². The van der Waals surface area contributed by atoms with Gasteiger partial charge in [-0.25, -0.2) is 4.98 Å².